The number of non-ortho nitro benzene ring substituents is 1. The van der Waals surface area contributed by atoms with E-state index in [0.717, 1.165) is 26.6 Å². The third kappa shape index (κ3) is 5.76. The van der Waals surface area contributed by atoms with Crippen LogP contribution in [0.3, 0.4) is 0 Å². The lowest BCUT2D eigenvalue weighted by Crippen LogP contribution is -2.24. The minimum absolute atomic E-state index is 0.0477. The molecule has 9 heteroatoms. The molecule has 5 aromatic rings. The molecular formula is C33H20Cl2N2O4S. The number of hydrogen-bond donors (Lipinski definition) is 0. The molecule has 1 aliphatic rings. The molecule has 2 heterocycles. The van der Waals surface area contributed by atoms with Crippen LogP contribution in [-0.4, -0.2) is 10.8 Å². The first-order valence-electron chi connectivity index (χ1n) is 12.8. The summed E-state index contributed by atoms with van der Waals surface area (Å²) in [6, 6.07) is 32.6. The SMILES string of the molecule is O=C1/C(=C\c2ccc(-c3ccc(Cl)c(Cl)c3)o2)C=C(c2ccccc2)N1c1ccc(Sc2ccc([N+](=O)[O-])cc2)cc1. The van der Waals surface area contributed by atoms with Crippen molar-refractivity contribution in [3.63, 3.8) is 0 Å². The van der Waals surface area contributed by atoms with E-state index in [0.29, 0.717) is 32.8 Å². The van der Waals surface area contributed by atoms with Crippen LogP contribution in [0.15, 0.2) is 135 Å². The number of halogens is 2. The number of anilines is 1. The number of furan rings is 1. The van der Waals surface area contributed by atoms with Crippen LogP contribution in [0.1, 0.15) is 11.3 Å². The number of nitrogens with zero attached hydrogens (tertiary/aromatic N) is 2. The highest BCUT2D eigenvalue weighted by Gasteiger charge is 2.30. The maximum Gasteiger partial charge on any atom is 0.269 e. The number of amides is 1. The van der Waals surface area contributed by atoms with Crippen molar-refractivity contribution in [3.8, 4) is 11.3 Å². The fourth-order valence-electron chi connectivity index (χ4n) is 4.52. The van der Waals surface area contributed by atoms with Crippen LogP contribution in [0, 0.1) is 10.1 Å². The molecular weight excluding hydrogens is 591 g/mol. The van der Waals surface area contributed by atoms with Crippen molar-refractivity contribution < 1.29 is 14.1 Å². The summed E-state index contributed by atoms with van der Waals surface area (Å²) >= 11 is 13.7. The van der Waals surface area contributed by atoms with Crippen molar-refractivity contribution in [1.82, 2.24) is 0 Å². The largest absolute Gasteiger partial charge is 0.457 e. The van der Waals surface area contributed by atoms with Crippen molar-refractivity contribution in [3.05, 3.63) is 152 Å². The highest BCUT2D eigenvalue weighted by Crippen LogP contribution is 2.38. The Morgan fingerprint density at radius 2 is 1.48 bits per heavy atom. The number of rotatable bonds is 7. The van der Waals surface area contributed by atoms with E-state index in [9.17, 15) is 14.9 Å². The Balaban J connectivity index is 1.28. The van der Waals surface area contributed by atoms with Crippen molar-refractivity contribution in [2.24, 2.45) is 0 Å². The van der Waals surface area contributed by atoms with Gasteiger partial charge in [0, 0.05) is 38.7 Å². The molecule has 0 bridgehead atoms. The second kappa shape index (κ2) is 11.7. The quantitative estimate of drug-likeness (QED) is 0.104. The van der Waals surface area contributed by atoms with Crippen molar-refractivity contribution in [2.75, 3.05) is 4.90 Å². The van der Waals surface area contributed by atoms with E-state index in [1.165, 1.54) is 23.9 Å². The molecule has 1 aromatic heterocycles. The second-order valence-electron chi connectivity index (χ2n) is 9.31. The van der Waals surface area contributed by atoms with E-state index in [4.69, 9.17) is 27.6 Å². The lowest BCUT2D eigenvalue weighted by Gasteiger charge is -2.21. The lowest BCUT2D eigenvalue weighted by atomic mass is 10.1. The van der Waals surface area contributed by atoms with E-state index in [-0.39, 0.29) is 11.6 Å². The van der Waals surface area contributed by atoms with Gasteiger partial charge >= 0.3 is 0 Å². The molecule has 0 saturated heterocycles. The molecule has 0 fully saturated rings. The molecule has 6 nitrogen and oxygen atoms in total. The molecule has 1 aliphatic heterocycles. The first-order chi connectivity index (χ1) is 20.4. The van der Waals surface area contributed by atoms with Gasteiger partial charge in [0.1, 0.15) is 11.5 Å². The van der Waals surface area contributed by atoms with Crippen LogP contribution in [0.2, 0.25) is 10.0 Å². The molecule has 42 heavy (non-hydrogen) atoms. The normalized spacial score (nSPS) is 14.0. The van der Waals surface area contributed by atoms with Gasteiger partial charge in [-0.05, 0) is 84.4 Å². The Morgan fingerprint density at radius 3 is 2.14 bits per heavy atom. The maximum absolute atomic E-state index is 13.8. The molecule has 0 atom stereocenters. The summed E-state index contributed by atoms with van der Waals surface area (Å²) in [6.45, 7) is 0. The molecule has 1 amide bonds. The molecule has 0 unspecified atom stereocenters. The van der Waals surface area contributed by atoms with Crippen LogP contribution in [-0.2, 0) is 4.79 Å². The van der Waals surface area contributed by atoms with Crippen LogP contribution in [0.4, 0.5) is 11.4 Å². The fraction of sp³-hybridized carbons (Fsp3) is 0. The zero-order chi connectivity index (χ0) is 29.2. The second-order valence-corrected chi connectivity index (χ2v) is 11.3. The highest BCUT2D eigenvalue weighted by molar-refractivity contribution is 7.99. The molecule has 6 rings (SSSR count). The van der Waals surface area contributed by atoms with Crippen molar-refractivity contribution in [2.45, 2.75) is 9.79 Å². The zero-order valence-electron chi connectivity index (χ0n) is 21.7. The summed E-state index contributed by atoms with van der Waals surface area (Å²) in [5.41, 5.74) is 3.66. The van der Waals surface area contributed by atoms with Gasteiger partial charge in [-0.25, -0.2) is 0 Å². The Bertz CT molecular complexity index is 1860. The van der Waals surface area contributed by atoms with E-state index >= 15 is 0 Å². The number of carbonyl (C=O) groups excluding carboxylic acids is 1. The highest BCUT2D eigenvalue weighted by atomic mass is 35.5. The summed E-state index contributed by atoms with van der Waals surface area (Å²) in [7, 11) is 0. The van der Waals surface area contributed by atoms with E-state index in [1.807, 2.05) is 72.8 Å². The minimum Gasteiger partial charge on any atom is -0.457 e. The first kappa shape index (κ1) is 27.6. The topological polar surface area (TPSA) is 76.6 Å². The zero-order valence-corrected chi connectivity index (χ0v) is 24.1. The molecule has 0 aliphatic carbocycles. The number of hydrogen-bond acceptors (Lipinski definition) is 5. The smallest absolute Gasteiger partial charge is 0.269 e. The summed E-state index contributed by atoms with van der Waals surface area (Å²) < 4.78 is 6.03. The number of carbonyl (C=O) groups is 1. The fourth-order valence-corrected chi connectivity index (χ4v) is 5.63. The van der Waals surface area contributed by atoms with Crippen LogP contribution >= 0.6 is 35.0 Å². The molecule has 0 N–H and O–H groups in total. The Kier molecular flexibility index (Phi) is 7.71. The van der Waals surface area contributed by atoms with Gasteiger partial charge in [0.25, 0.3) is 11.6 Å². The van der Waals surface area contributed by atoms with E-state index in [1.54, 1.807) is 41.3 Å². The Morgan fingerprint density at radius 1 is 0.786 bits per heavy atom. The standard InChI is InChI=1S/C33H20Cl2N2O4S/c34-29-16-6-22(19-30(29)35)32-17-11-26(41-32)18-23-20-31(21-4-2-1-3-5-21)36(33(23)38)24-7-12-27(13-8-24)42-28-14-9-25(10-15-28)37(39)40/h1-20H/b23-18-. The van der Waals surface area contributed by atoms with Gasteiger partial charge in [-0.3, -0.25) is 19.8 Å². The van der Waals surface area contributed by atoms with E-state index < -0.39 is 4.92 Å². The number of benzene rings is 4. The molecule has 4 aromatic carbocycles. The van der Waals surface area contributed by atoms with E-state index in [2.05, 4.69) is 0 Å². The first-order valence-corrected chi connectivity index (χ1v) is 14.3. The van der Waals surface area contributed by atoms with Gasteiger partial charge in [-0.1, -0.05) is 65.3 Å². The third-order valence-corrected chi connectivity index (χ3v) is 8.31. The van der Waals surface area contributed by atoms with Crippen LogP contribution < -0.4 is 4.90 Å². The van der Waals surface area contributed by atoms with Crippen molar-refractivity contribution >= 4 is 64.0 Å². The number of nitro benzene ring substituents is 1. The maximum atomic E-state index is 13.8. The molecule has 0 saturated carbocycles. The third-order valence-electron chi connectivity index (χ3n) is 6.56. The summed E-state index contributed by atoms with van der Waals surface area (Å²) in [4.78, 5) is 27.8. The minimum atomic E-state index is -0.419. The number of nitro groups is 1. The van der Waals surface area contributed by atoms with Gasteiger partial charge in [0.15, 0.2) is 0 Å². The van der Waals surface area contributed by atoms with Gasteiger partial charge in [-0.15, -0.1) is 0 Å². The van der Waals surface area contributed by atoms with Gasteiger partial charge in [0.05, 0.1) is 20.7 Å². The van der Waals surface area contributed by atoms with Crippen LogP contribution in [0.5, 0.6) is 0 Å². The average Bonchev–Trinajstić information content (AvgIpc) is 3.60. The van der Waals surface area contributed by atoms with Crippen molar-refractivity contribution in [1.29, 1.82) is 0 Å². The summed E-state index contributed by atoms with van der Waals surface area (Å²) in [6.07, 6.45) is 3.59. The average molecular weight is 612 g/mol. The van der Waals surface area contributed by atoms with Gasteiger partial charge in [-0.2, -0.15) is 0 Å². The summed E-state index contributed by atoms with van der Waals surface area (Å²) in [5, 5.41) is 11.8. The predicted octanol–water partition coefficient (Wildman–Crippen LogP) is 9.78. The monoisotopic (exact) mass is 610 g/mol. The Hall–Kier alpha value is -4.56. The summed E-state index contributed by atoms with van der Waals surface area (Å²) in [5.74, 6) is 0.952. The predicted molar refractivity (Wildman–Crippen MR) is 168 cm³/mol. The molecule has 0 spiro atoms. The van der Waals surface area contributed by atoms with Crippen LogP contribution in [0.25, 0.3) is 23.1 Å². The Labute approximate surface area is 255 Å². The lowest BCUT2D eigenvalue weighted by molar-refractivity contribution is -0.384. The van der Waals surface area contributed by atoms with Gasteiger partial charge < -0.3 is 4.42 Å². The molecule has 206 valence electrons. The van der Waals surface area contributed by atoms with Gasteiger partial charge in [0.2, 0.25) is 0 Å². The molecule has 0 radical (unpaired) electrons.